The van der Waals surface area contributed by atoms with Crippen LogP contribution in [0.25, 0.3) is 0 Å². The van der Waals surface area contributed by atoms with Gasteiger partial charge in [0.2, 0.25) is 0 Å². The molecule has 0 saturated heterocycles. The molecule has 0 unspecified atom stereocenters. The van der Waals surface area contributed by atoms with Crippen LogP contribution in [-0.4, -0.2) is 37.1 Å². The van der Waals surface area contributed by atoms with Crippen molar-refractivity contribution in [2.45, 2.75) is 78.7 Å². The Labute approximate surface area is 133 Å². The van der Waals surface area contributed by atoms with Crippen molar-refractivity contribution in [2.75, 3.05) is 26.2 Å². The minimum absolute atomic E-state index is 0.555. The van der Waals surface area contributed by atoms with Crippen molar-refractivity contribution in [2.24, 2.45) is 17.3 Å². The molecule has 0 amide bonds. The van der Waals surface area contributed by atoms with Crippen molar-refractivity contribution in [3.8, 4) is 0 Å². The van der Waals surface area contributed by atoms with Crippen molar-refractivity contribution in [1.82, 2.24) is 10.2 Å². The molecular weight excluding hydrogens is 256 g/mol. The molecule has 1 N–H and O–H groups in total. The lowest BCUT2D eigenvalue weighted by Crippen LogP contribution is -2.47. The van der Waals surface area contributed by atoms with Crippen LogP contribution in [0.1, 0.15) is 72.6 Å². The van der Waals surface area contributed by atoms with Gasteiger partial charge in [0, 0.05) is 25.7 Å². The van der Waals surface area contributed by atoms with Crippen molar-refractivity contribution >= 4 is 0 Å². The topological polar surface area (TPSA) is 15.3 Å². The van der Waals surface area contributed by atoms with Gasteiger partial charge in [-0.3, -0.25) is 4.90 Å². The van der Waals surface area contributed by atoms with Crippen LogP contribution in [0.15, 0.2) is 0 Å². The minimum atomic E-state index is 0.555. The van der Waals surface area contributed by atoms with Gasteiger partial charge in [-0.05, 0) is 55.9 Å². The average molecular weight is 295 g/mol. The van der Waals surface area contributed by atoms with Gasteiger partial charge >= 0.3 is 0 Å². The molecule has 0 spiro atoms. The van der Waals surface area contributed by atoms with Gasteiger partial charge in [0.15, 0.2) is 0 Å². The third-order valence-corrected chi connectivity index (χ3v) is 5.46. The molecular formula is C19H38N2. The Balaban J connectivity index is 1.96. The number of hydrogen-bond acceptors (Lipinski definition) is 2. The molecule has 124 valence electrons. The molecule has 2 heteroatoms. The van der Waals surface area contributed by atoms with Gasteiger partial charge in [-0.2, -0.15) is 0 Å². The first-order chi connectivity index (χ1) is 10.0. The smallest absolute Gasteiger partial charge is 0.00967 e. The highest BCUT2D eigenvalue weighted by Gasteiger charge is 2.39. The second kappa shape index (κ2) is 7.97. The lowest BCUT2D eigenvalue weighted by molar-refractivity contribution is 0.0759. The molecule has 2 nitrogen and oxygen atoms in total. The molecule has 0 aromatic rings. The van der Waals surface area contributed by atoms with Crippen molar-refractivity contribution in [3.05, 3.63) is 0 Å². The van der Waals surface area contributed by atoms with E-state index in [0.717, 1.165) is 17.9 Å². The third kappa shape index (κ3) is 5.56. The van der Waals surface area contributed by atoms with Crippen molar-refractivity contribution < 1.29 is 0 Å². The Hall–Kier alpha value is -0.0800. The van der Waals surface area contributed by atoms with E-state index in [0.29, 0.717) is 5.41 Å². The molecule has 2 rings (SSSR count). The standard InChI is InChI=1S/C19H38N2/c1-5-12-20-14-19(10-8-17(4)9-11-19)15-21(13-16(2)3)18-6-7-18/h16-18,20H,5-15H2,1-4H3. The molecule has 2 fully saturated rings. The zero-order valence-electron chi connectivity index (χ0n) is 15.0. The van der Waals surface area contributed by atoms with E-state index >= 15 is 0 Å². The predicted molar refractivity (Wildman–Crippen MR) is 92.7 cm³/mol. The zero-order valence-corrected chi connectivity index (χ0v) is 15.0. The number of hydrogen-bond donors (Lipinski definition) is 1. The summed E-state index contributed by atoms with van der Waals surface area (Å²) in [4.78, 5) is 2.84. The first-order valence-corrected chi connectivity index (χ1v) is 9.49. The lowest BCUT2D eigenvalue weighted by Gasteiger charge is -2.43. The molecule has 2 aliphatic carbocycles. The molecule has 2 saturated carbocycles. The summed E-state index contributed by atoms with van der Waals surface area (Å²) in [5.74, 6) is 1.75. The summed E-state index contributed by atoms with van der Waals surface area (Å²) in [6.45, 7) is 14.5. The highest BCUT2D eigenvalue weighted by atomic mass is 15.2. The molecule has 0 bridgehead atoms. The van der Waals surface area contributed by atoms with Crippen LogP contribution < -0.4 is 5.32 Å². The predicted octanol–water partition coefficient (Wildman–Crippen LogP) is 4.30. The summed E-state index contributed by atoms with van der Waals surface area (Å²) in [6.07, 6.45) is 9.90. The number of rotatable bonds is 9. The van der Waals surface area contributed by atoms with Crippen LogP contribution in [-0.2, 0) is 0 Å². The van der Waals surface area contributed by atoms with Gasteiger partial charge < -0.3 is 5.32 Å². The fourth-order valence-electron chi connectivity index (χ4n) is 3.98. The first kappa shape index (κ1) is 17.3. The second-order valence-corrected chi connectivity index (χ2v) is 8.41. The summed E-state index contributed by atoms with van der Waals surface area (Å²) >= 11 is 0. The average Bonchev–Trinajstić information content (AvgIpc) is 3.26. The quantitative estimate of drug-likeness (QED) is 0.638. The highest BCUT2D eigenvalue weighted by Crippen LogP contribution is 2.41. The van der Waals surface area contributed by atoms with E-state index in [1.165, 1.54) is 71.1 Å². The van der Waals surface area contributed by atoms with E-state index in [9.17, 15) is 0 Å². The summed E-state index contributed by atoms with van der Waals surface area (Å²) < 4.78 is 0. The third-order valence-electron chi connectivity index (χ3n) is 5.46. The molecule has 2 aliphatic rings. The van der Waals surface area contributed by atoms with Gasteiger partial charge in [0.25, 0.3) is 0 Å². The SMILES string of the molecule is CCCNCC1(CN(CC(C)C)C2CC2)CCC(C)CC1. The molecule has 21 heavy (non-hydrogen) atoms. The van der Waals surface area contributed by atoms with Crippen LogP contribution in [0.3, 0.4) is 0 Å². The Morgan fingerprint density at radius 2 is 1.81 bits per heavy atom. The molecule has 0 aromatic heterocycles. The highest BCUT2D eigenvalue weighted by molar-refractivity contribution is 4.94. The van der Waals surface area contributed by atoms with E-state index in [2.05, 4.69) is 37.9 Å². The van der Waals surface area contributed by atoms with Crippen molar-refractivity contribution in [1.29, 1.82) is 0 Å². The monoisotopic (exact) mass is 294 g/mol. The van der Waals surface area contributed by atoms with Gasteiger partial charge in [-0.1, -0.05) is 40.5 Å². The Morgan fingerprint density at radius 3 is 2.33 bits per heavy atom. The maximum absolute atomic E-state index is 3.75. The largest absolute Gasteiger partial charge is 0.316 e. The van der Waals surface area contributed by atoms with Crippen LogP contribution in [0.4, 0.5) is 0 Å². The molecule has 0 radical (unpaired) electrons. The van der Waals surface area contributed by atoms with Crippen LogP contribution in [0.5, 0.6) is 0 Å². The van der Waals surface area contributed by atoms with Crippen LogP contribution >= 0.6 is 0 Å². The molecule has 0 aromatic carbocycles. The summed E-state index contributed by atoms with van der Waals surface area (Å²) in [5.41, 5.74) is 0.555. The van der Waals surface area contributed by atoms with Crippen molar-refractivity contribution in [3.63, 3.8) is 0 Å². The number of nitrogens with one attached hydrogen (secondary N) is 1. The van der Waals surface area contributed by atoms with Gasteiger partial charge in [-0.25, -0.2) is 0 Å². The van der Waals surface area contributed by atoms with Gasteiger partial charge in [-0.15, -0.1) is 0 Å². The minimum Gasteiger partial charge on any atom is -0.316 e. The summed E-state index contributed by atoms with van der Waals surface area (Å²) in [5, 5.41) is 3.75. The Kier molecular flexibility index (Phi) is 6.55. The van der Waals surface area contributed by atoms with Gasteiger partial charge in [0.1, 0.15) is 0 Å². The summed E-state index contributed by atoms with van der Waals surface area (Å²) in [6, 6.07) is 0.912. The van der Waals surface area contributed by atoms with Crippen LogP contribution in [0.2, 0.25) is 0 Å². The number of nitrogens with zero attached hydrogens (tertiary/aromatic N) is 1. The molecule has 0 aliphatic heterocycles. The lowest BCUT2D eigenvalue weighted by atomic mass is 9.70. The Morgan fingerprint density at radius 1 is 1.14 bits per heavy atom. The fraction of sp³-hybridized carbons (Fsp3) is 1.00. The van der Waals surface area contributed by atoms with E-state index in [4.69, 9.17) is 0 Å². The first-order valence-electron chi connectivity index (χ1n) is 9.49. The van der Waals surface area contributed by atoms with Gasteiger partial charge in [0.05, 0.1) is 0 Å². The maximum Gasteiger partial charge on any atom is 0.00967 e. The molecule has 0 atom stereocenters. The van der Waals surface area contributed by atoms with E-state index in [1.54, 1.807) is 0 Å². The zero-order chi connectivity index (χ0) is 15.3. The fourth-order valence-corrected chi connectivity index (χ4v) is 3.98. The Bertz CT molecular complexity index is 288. The van der Waals surface area contributed by atoms with E-state index in [1.807, 2.05) is 0 Å². The van der Waals surface area contributed by atoms with E-state index < -0.39 is 0 Å². The maximum atomic E-state index is 3.75. The molecule has 0 heterocycles. The van der Waals surface area contributed by atoms with E-state index in [-0.39, 0.29) is 0 Å². The second-order valence-electron chi connectivity index (χ2n) is 8.41. The summed E-state index contributed by atoms with van der Waals surface area (Å²) in [7, 11) is 0. The van der Waals surface area contributed by atoms with Crippen LogP contribution in [0, 0.1) is 17.3 Å². The normalized spacial score (nSPS) is 30.3.